The van der Waals surface area contributed by atoms with Crippen LogP contribution in [-0.2, 0) is 29.2 Å². The highest BCUT2D eigenvalue weighted by atomic mass is 31.1. The number of methoxy groups -OCH3 is 1. The molecular formula is C19H25O5P. The first kappa shape index (κ1) is 16.5. The highest BCUT2D eigenvalue weighted by Gasteiger charge is 2.75. The van der Waals surface area contributed by atoms with E-state index in [2.05, 4.69) is 0 Å². The Bertz CT molecular complexity index is 635. The maximum absolute atomic E-state index is 11.5. The van der Waals surface area contributed by atoms with Gasteiger partial charge in [-0.2, -0.15) is 4.89 Å². The van der Waals surface area contributed by atoms with Crippen molar-refractivity contribution in [2.75, 3.05) is 7.11 Å². The fraction of sp³-hybridized carbons (Fsp3) is 0.684. The van der Waals surface area contributed by atoms with E-state index in [1.165, 1.54) is 32.1 Å². The second kappa shape index (κ2) is 5.90. The van der Waals surface area contributed by atoms with E-state index in [4.69, 9.17) is 19.0 Å². The molecule has 5 aliphatic rings. The zero-order valence-electron chi connectivity index (χ0n) is 14.4. The Balaban J connectivity index is 1.63. The van der Waals surface area contributed by atoms with Crippen LogP contribution in [0.4, 0.5) is 0 Å². The molecule has 0 amide bonds. The van der Waals surface area contributed by atoms with Crippen molar-refractivity contribution >= 4 is 8.69 Å². The Morgan fingerprint density at radius 3 is 2.12 bits per heavy atom. The van der Waals surface area contributed by atoms with Crippen LogP contribution >= 0.6 is 8.69 Å². The lowest BCUT2D eigenvalue weighted by atomic mass is 9.47. The number of ether oxygens (including phenoxy) is 1. The zero-order valence-corrected chi connectivity index (χ0v) is 15.6. The van der Waals surface area contributed by atoms with Crippen LogP contribution in [0.5, 0.6) is 0 Å². The fourth-order valence-corrected chi connectivity index (χ4v) is 6.99. The number of rotatable bonds is 5. The maximum atomic E-state index is 11.5. The van der Waals surface area contributed by atoms with Gasteiger partial charge >= 0.3 is 5.97 Å². The lowest BCUT2D eigenvalue weighted by molar-refractivity contribution is -0.676. The molecular weight excluding hydrogens is 339 g/mol. The average molecular weight is 364 g/mol. The van der Waals surface area contributed by atoms with Gasteiger partial charge < -0.3 is 4.74 Å². The summed E-state index contributed by atoms with van der Waals surface area (Å²) in [6.07, 6.45) is 6.39. The van der Waals surface area contributed by atoms with Gasteiger partial charge in [-0.25, -0.2) is 4.89 Å². The number of hydrogen-bond acceptors (Lipinski definition) is 5. The quantitative estimate of drug-likeness (QED) is 0.451. The Labute approximate surface area is 149 Å². The van der Waals surface area contributed by atoms with Gasteiger partial charge in [0.1, 0.15) is 0 Å². The molecule has 6 heteroatoms. The molecule has 3 atom stereocenters. The van der Waals surface area contributed by atoms with E-state index in [1.54, 1.807) is 7.11 Å². The van der Waals surface area contributed by atoms with Gasteiger partial charge in [-0.1, -0.05) is 30.3 Å². The molecule has 3 unspecified atom stereocenters. The van der Waals surface area contributed by atoms with E-state index in [-0.39, 0.29) is 5.92 Å². The molecule has 4 saturated carbocycles. The van der Waals surface area contributed by atoms with E-state index in [9.17, 15) is 4.57 Å². The van der Waals surface area contributed by atoms with Crippen LogP contribution in [0, 0.1) is 29.6 Å². The molecule has 1 aromatic rings. The minimum atomic E-state index is -1.47. The predicted octanol–water partition coefficient (Wildman–Crippen LogP) is 3.90. The molecule has 6 rings (SSSR count). The van der Waals surface area contributed by atoms with Gasteiger partial charge in [0.2, 0.25) is 5.60 Å². The lowest BCUT2D eigenvalue weighted by Gasteiger charge is -2.64. The van der Waals surface area contributed by atoms with E-state index >= 15 is 0 Å². The first-order valence-corrected chi connectivity index (χ1v) is 10.3. The lowest BCUT2D eigenvalue weighted by Crippen LogP contribution is -2.73. The van der Waals surface area contributed by atoms with Gasteiger partial charge in [-0.3, -0.25) is 9.09 Å². The second-order valence-electron chi connectivity index (χ2n) is 8.20. The summed E-state index contributed by atoms with van der Waals surface area (Å²) in [5.41, 5.74) is 0.150. The fourth-order valence-electron chi connectivity index (χ4n) is 6.56. The van der Waals surface area contributed by atoms with Crippen LogP contribution < -0.4 is 0 Å². The van der Waals surface area contributed by atoms with Gasteiger partial charge in [0.25, 0.3) is 0 Å². The molecule has 1 aromatic carbocycles. The summed E-state index contributed by atoms with van der Waals surface area (Å²) in [4.78, 5) is 11.3. The Hall–Kier alpha value is -0.710. The highest BCUT2D eigenvalue weighted by Crippen LogP contribution is 2.67. The molecule has 1 aliphatic heterocycles. The van der Waals surface area contributed by atoms with Gasteiger partial charge in [-0.05, 0) is 61.3 Å². The topological polar surface area (TPSA) is 54.0 Å². The van der Waals surface area contributed by atoms with E-state index in [0.717, 1.165) is 17.4 Å². The molecule has 0 N–H and O–H groups in total. The molecule has 5 fully saturated rings. The van der Waals surface area contributed by atoms with Crippen molar-refractivity contribution in [2.45, 2.75) is 43.7 Å². The molecule has 1 saturated heterocycles. The summed E-state index contributed by atoms with van der Waals surface area (Å²) in [5, 5.41) is 0. The summed E-state index contributed by atoms with van der Waals surface area (Å²) in [6, 6.07) is 10.1. The monoisotopic (exact) mass is 364 g/mol. The highest BCUT2D eigenvalue weighted by molar-refractivity contribution is 7.17. The Kier molecular flexibility index (Phi) is 3.88. The smallest absolute Gasteiger partial charge is 0.326 e. The first-order valence-electron chi connectivity index (χ1n) is 9.31. The van der Waals surface area contributed by atoms with Crippen molar-refractivity contribution in [3.63, 3.8) is 0 Å². The molecule has 1 heterocycles. The zero-order chi connectivity index (χ0) is 17.1. The van der Waals surface area contributed by atoms with Crippen molar-refractivity contribution in [2.24, 2.45) is 29.6 Å². The molecule has 0 spiro atoms. The molecule has 25 heavy (non-hydrogen) atoms. The Morgan fingerprint density at radius 2 is 1.64 bits per heavy atom. The van der Waals surface area contributed by atoms with Crippen molar-refractivity contribution in [3.8, 4) is 0 Å². The normalized spacial score (nSPS) is 48.1. The SMILES string of the molecule is COC1(O[PH2]=O)OOC1(c1ccccc1)C1C2CC3CC(C2)CC1C3. The Morgan fingerprint density at radius 1 is 1.00 bits per heavy atom. The van der Waals surface area contributed by atoms with Gasteiger partial charge in [0.15, 0.2) is 8.69 Å². The van der Waals surface area contributed by atoms with E-state index in [1.807, 2.05) is 30.3 Å². The standard InChI is InChI=1S/C19H25O5P/c1-21-19(24-25-20)18(22-23-19,16-5-3-2-4-6-16)17-14-8-12-7-13(10-14)11-15(17)9-12/h2-6,12-15,17H,7-11,25H2,1H3. The van der Waals surface area contributed by atoms with Gasteiger partial charge in [0.05, 0.1) is 0 Å². The summed E-state index contributed by atoms with van der Waals surface area (Å²) < 4.78 is 22.7. The van der Waals surface area contributed by atoms with Crippen LogP contribution in [0.25, 0.3) is 0 Å². The van der Waals surface area contributed by atoms with Crippen LogP contribution in [0.3, 0.4) is 0 Å². The molecule has 4 aliphatic carbocycles. The van der Waals surface area contributed by atoms with Gasteiger partial charge in [-0.15, -0.1) is 0 Å². The van der Waals surface area contributed by atoms with Crippen molar-refractivity contribution < 1.29 is 23.6 Å². The van der Waals surface area contributed by atoms with Crippen LogP contribution in [-0.4, -0.2) is 13.1 Å². The van der Waals surface area contributed by atoms with Gasteiger partial charge in [0, 0.05) is 13.0 Å². The average Bonchev–Trinajstić information content (AvgIpc) is 2.61. The predicted molar refractivity (Wildman–Crippen MR) is 92.0 cm³/mol. The molecule has 136 valence electrons. The first-order chi connectivity index (χ1) is 12.2. The van der Waals surface area contributed by atoms with Crippen LogP contribution in [0.1, 0.15) is 37.7 Å². The van der Waals surface area contributed by atoms with Crippen molar-refractivity contribution in [1.82, 2.24) is 0 Å². The largest absolute Gasteiger partial charge is 0.354 e. The summed E-state index contributed by atoms with van der Waals surface area (Å²) in [7, 11) is 0.0734. The second-order valence-corrected chi connectivity index (χ2v) is 8.63. The third-order valence-electron chi connectivity index (χ3n) is 7.11. The summed E-state index contributed by atoms with van der Waals surface area (Å²) in [5.74, 6) is 1.74. The van der Waals surface area contributed by atoms with E-state index in [0.29, 0.717) is 11.8 Å². The minimum Gasteiger partial charge on any atom is -0.326 e. The molecule has 4 bridgehead atoms. The molecule has 0 aromatic heterocycles. The number of benzene rings is 1. The third kappa shape index (κ3) is 2.14. The molecule has 5 nitrogen and oxygen atoms in total. The van der Waals surface area contributed by atoms with Crippen LogP contribution in [0.15, 0.2) is 30.3 Å². The van der Waals surface area contributed by atoms with E-state index < -0.39 is 20.3 Å². The molecule has 0 radical (unpaired) electrons. The third-order valence-corrected chi connectivity index (χ3v) is 7.52. The van der Waals surface area contributed by atoms with Crippen LogP contribution in [0.2, 0.25) is 0 Å². The maximum Gasteiger partial charge on any atom is 0.354 e. The minimum absolute atomic E-state index is 0.266. The van der Waals surface area contributed by atoms with Crippen molar-refractivity contribution in [1.29, 1.82) is 0 Å². The summed E-state index contributed by atoms with van der Waals surface area (Å²) in [6.45, 7) is 0. The summed E-state index contributed by atoms with van der Waals surface area (Å²) >= 11 is 0. The van der Waals surface area contributed by atoms with Crippen molar-refractivity contribution in [3.05, 3.63) is 35.9 Å². The number of hydrogen-bond donors (Lipinski definition) is 0.